The monoisotopic (exact) mass is 267 g/mol. The number of nitrogens with one attached hydrogen (secondary N) is 1. The Morgan fingerprint density at radius 2 is 2.00 bits per heavy atom. The van der Waals surface area contributed by atoms with Gasteiger partial charge in [0.1, 0.15) is 0 Å². The van der Waals surface area contributed by atoms with Gasteiger partial charge in [-0.15, -0.1) is 0 Å². The molecule has 2 fully saturated rings. The van der Waals surface area contributed by atoms with Gasteiger partial charge in [-0.05, 0) is 64.7 Å². The quantitative estimate of drug-likeness (QED) is 0.822. The highest BCUT2D eigenvalue weighted by Gasteiger charge is 2.42. The molecule has 1 saturated carbocycles. The maximum absolute atomic E-state index is 3.60. The lowest BCUT2D eigenvalue weighted by Gasteiger charge is -2.34. The van der Waals surface area contributed by atoms with E-state index >= 15 is 0 Å². The van der Waals surface area contributed by atoms with Crippen molar-refractivity contribution in [3.05, 3.63) is 0 Å². The van der Waals surface area contributed by atoms with Gasteiger partial charge in [-0.3, -0.25) is 4.90 Å². The molecule has 1 aliphatic carbocycles. The van der Waals surface area contributed by atoms with Crippen LogP contribution in [0.5, 0.6) is 0 Å². The van der Waals surface area contributed by atoms with Crippen LogP contribution in [0.15, 0.2) is 0 Å². The minimum atomic E-state index is 0.468. The molecule has 3 atom stereocenters. The van der Waals surface area contributed by atoms with E-state index in [-0.39, 0.29) is 0 Å². The molecule has 112 valence electrons. The zero-order valence-corrected chi connectivity index (χ0v) is 13.6. The van der Waals surface area contributed by atoms with Gasteiger partial charge in [-0.1, -0.05) is 13.8 Å². The van der Waals surface area contributed by atoms with Crippen LogP contribution < -0.4 is 5.32 Å². The topological polar surface area (TPSA) is 18.5 Å². The summed E-state index contributed by atoms with van der Waals surface area (Å²) in [6, 6.07) is 1.48. The van der Waals surface area contributed by atoms with Crippen LogP contribution in [0.4, 0.5) is 0 Å². The maximum Gasteiger partial charge on any atom is 0.0223 e. The SMILES string of the molecule is CNC1C(CN2CCCC2CN(C)C)CCC1(C)C. The molecule has 2 aliphatic rings. The van der Waals surface area contributed by atoms with Gasteiger partial charge in [0, 0.05) is 25.2 Å². The van der Waals surface area contributed by atoms with Crippen molar-refractivity contribution in [1.29, 1.82) is 0 Å². The van der Waals surface area contributed by atoms with Gasteiger partial charge in [0.05, 0.1) is 0 Å². The number of rotatable bonds is 5. The van der Waals surface area contributed by atoms with Crippen LogP contribution >= 0.6 is 0 Å². The molecule has 0 aromatic heterocycles. The van der Waals surface area contributed by atoms with Crippen LogP contribution in [-0.2, 0) is 0 Å². The summed E-state index contributed by atoms with van der Waals surface area (Å²) in [4.78, 5) is 5.10. The van der Waals surface area contributed by atoms with E-state index in [0.29, 0.717) is 11.5 Å². The van der Waals surface area contributed by atoms with E-state index in [4.69, 9.17) is 0 Å². The zero-order chi connectivity index (χ0) is 14.0. The molecular formula is C16H33N3. The van der Waals surface area contributed by atoms with Gasteiger partial charge in [0.2, 0.25) is 0 Å². The van der Waals surface area contributed by atoms with Crippen molar-refractivity contribution in [1.82, 2.24) is 15.1 Å². The lowest BCUT2D eigenvalue weighted by molar-refractivity contribution is 0.158. The van der Waals surface area contributed by atoms with E-state index in [1.165, 1.54) is 45.3 Å². The average Bonchev–Trinajstić information content (AvgIpc) is 2.84. The van der Waals surface area contributed by atoms with E-state index < -0.39 is 0 Å². The second-order valence-electron chi connectivity index (χ2n) is 7.61. The van der Waals surface area contributed by atoms with Crippen LogP contribution in [0, 0.1) is 11.3 Å². The zero-order valence-electron chi connectivity index (χ0n) is 13.6. The Bertz CT molecular complexity index is 288. The minimum absolute atomic E-state index is 0.468. The third-order valence-electron chi connectivity index (χ3n) is 5.33. The molecular weight excluding hydrogens is 234 g/mol. The summed E-state index contributed by atoms with van der Waals surface area (Å²) in [5.41, 5.74) is 0.468. The highest BCUT2D eigenvalue weighted by molar-refractivity contribution is 4.97. The van der Waals surface area contributed by atoms with Crippen LogP contribution in [0.25, 0.3) is 0 Å². The molecule has 3 heteroatoms. The fraction of sp³-hybridized carbons (Fsp3) is 1.00. The fourth-order valence-corrected chi connectivity index (χ4v) is 4.41. The molecule has 2 rings (SSSR count). The van der Waals surface area contributed by atoms with Crippen molar-refractivity contribution in [3.63, 3.8) is 0 Å². The van der Waals surface area contributed by atoms with E-state index in [0.717, 1.165) is 12.0 Å². The molecule has 1 N–H and O–H groups in total. The molecule has 1 heterocycles. The first-order valence-corrected chi connectivity index (χ1v) is 8.00. The van der Waals surface area contributed by atoms with E-state index in [2.05, 4.69) is 50.1 Å². The van der Waals surface area contributed by atoms with Gasteiger partial charge >= 0.3 is 0 Å². The first kappa shape index (κ1) is 15.3. The van der Waals surface area contributed by atoms with Gasteiger partial charge < -0.3 is 10.2 Å². The van der Waals surface area contributed by atoms with Gasteiger partial charge in [-0.25, -0.2) is 0 Å². The van der Waals surface area contributed by atoms with Gasteiger partial charge in [0.15, 0.2) is 0 Å². The second kappa shape index (κ2) is 6.11. The Morgan fingerprint density at radius 1 is 1.26 bits per heavy atom. The van der Waals surface area contributed by atoms with E-state index in [9.17, 15) is 0 Å². The van der Waals surface area contributed by atoms with Crippen molar-refractivity contribution in [2.24, 2.45) is 11.3 Å². The van der Waals surface area contributed by atoms with Gasteiger partial charge in [-0.2, -0.15) is 0 Å². The Hall–Kier alpha value is -0.120. The maximum atomic E-state index is 3.60. The number of nitrogens with zero attached hydrogens (tertiary/aromatic N) is 2. The molecule has 0 spiro atoms. The van der Waals surface area contributed by atoms with Crippen LogP contribution in [0.1, 0.15) is 39.5 Å². The Labute approximate surface area is 119 Å². The van der Waals surface area contributed by atoms with Crippen molar-refractivity contribution >= 4 is 0 Å². The number of likely N-dealkylation sites (tertiary alicyclic amines) is 1. The summed E-state index contributed by atoms with van der Waals surface area (Å²) >= 11 is 0. The molecule has 0 aromatic carbocycles. The lowest BCUT2D eigenvalue weighted by Crippen LogP contribution is -2.46. The molecule has 0 amide bonds. The Morgan fingerprint density at radius 3 is 2.63 bits per heavy atom. The minimum Gasteiger partial charge on any atom is -0.316 e. The van der Waals surface area contributed by atoms with Crippen LogP contribution in [0.2, 0.25) is 0 Å². The second-order valence-corrected chi connectivity index (χ2v) is 7.61. The third-order valence-corrected chi connectivity index (χ3v) is 5.33. The summed E-state index contributed by atoms with van der Waals surface area (Å²) in [5, 5.41) is 3.60. The lowest BCUT2D eigenvalue weighted by atomic mass is 9.85. The number of hydrogen-bond acceptors (Lipinski definition) is 3. The van der Waals surface area contributed by atoms with Crippen molar-refractivity contribution in [3.8, 4) is 0 Å². The van der Waals surface area contributed by atoms with Gasteiger partial charge in [0.25, 0.3) is 0 Å². The average molecular weight is 267 g/mol. The third kappa shape index (κ3) is 3.50. The van der Waals surface area contributed by atoms with E-state index in [1.54, 1.807) is 0 Å². The normalized spacial score (nSPS) is 35.4. The van der Waals surface area contributed by atoms with E-state index in [1.807, 2.05) is 0 Å². The molecule has 1 saturated heterocycles. The summed E-state index contributed by atoms with van der Waals surface area (Å²) < 4.78 is 0. The first-order valence-electron chi connectivity index (χ1n) is 8.00. The standard InChI is InChI=1S/C16H33N3/c1-16(2)9-8-13(15(16)17-3)11-19-10-6-7-14(19)12-18(4)5/h13-15,17H,6-12H2,1-5H3. The molecule has 1 aliphatic heterocycles. The van der Waals surface area contributed by atoms with Crippen molar-refractivity contribution in [2.75, 3.05) is 40.8 Å². The molecule has 0 bridgehead atoms. The van der Waals surface area contributed by atoms with Crippen molar-refractivity contribution in [2.45, 2.75) is 51.6 Å². The highest BCUT2D eigenvalue weighted by atomic mass is 15.2. The Balaban J connectivity index is 1.93. The predicted octanol–water partition coefficient (Wildman–Crippen LogP) is 2.04. The number of hydrogen-bond donors (Lipinski definition) is 1. The van der Waals surface area contributed by atoms with Crippen LogP contribution in [0.3, 0.4) is 0 Å². The summed E-state index contributed by atoms with van der Waals surface area (Å²) in [6.07, 6.45) is 5.54. The summed E-state index contributed by atoms with van der Waals surface area (Å²) in [5.74, 6) is 0.836. The van der Waals surface area contributed by atoms with Crippen LogP contribution in [-0.4, -0.2) is 62.7 Å². The Kier molecular flexibility index (Phi) is 4.91. The summed E-state index contributed by atoms with van der Waals surface area (Å²) in [6.45, 7) is 8.69. The molecule has 3 nitrogen and oxygen atoms in total. The summed E-state index contributed by atoms with van der Waals surface area (Å²) in [7, 11) is 6.54. The number of likely N-dealkylation sites (N-methyl/N-ethyl adjacent to an activating group) is 1. The fourth-order valence-electron chi connectivity index (χ4n) is 4.41. The molecule has 0 aromatic rings. The largest absolute Gasteiger partial charge is 0.316 e. The molecule has 19 heavy (non-hydrogen) atoms. The smallest absolute Gasteiger partial charge is 0.0223 e. The first-order chi connectivity index (χ1) is 8.94. The van der Waals surface area contributed by atoms with Crippen molar-refractivity contribution < 1.29 is 0 Å². The molecule has 3 unspecified atom stereocenters. The molecule has 0 radical (unpaired) electrons. The highest BCUT2D eigenvalue weighted by Crippen LogP contribution is 2.42. The predicted molar refractivity (Wildman–Crippen MR) is 82.5 cm³/mol.